The van der Waals surface area contributed by atoms with Gasteiger partial charge in [-0.25, -0.2) is 0 Å². The first-order chi connectivity index (χ1) is 16.2. The molecule has 1 aliphatic carbocycles. The zero-order valence-corrected chi connectivity index (χ0v) is 18.3. The molecule has 0 unspecified atom stereocenters. The van der Waals surface area contributed by atoms with Crippen molar-refractivity contribution in [3.05, 3.63) is 71.3 Å². The second kappa shape index (κ2) is 11.1. The summed E-state index contributed by atoms with van der Waals surface area (Å²) in [7, 11) is 0. The Morgan fingerprint density at radius 3 is 1.70 bits per heavy atom. The third kappa shape index (κ3) is 5.24. The molecule has 1 aliphatic heterocycles. The van der Waals surface area contributed by atoms with Crippen molar-refractivity contribution in [1.29, 1.82) is 0 Å². The van der Waals surface area contributed by atoms with E-state index in [9.17, 15) is 9.59 Å². The van der Waals surface area contributed by atoms with E-state index in [1.165, 1.54) is 6.08 Å². The molecule has 2 aliphatic rings. The van der Waals surface area contributed by atoms with Crippen molar-refractivity contribution in [3.63, 3.8) is 0 Å². The smallest absolute Gasteiger partial charge is 0.244 e. The quantitative estimate of drug-likeness (QED) is 0.699. The summed E-state index contributed by atoms with van der Waals surface area (Å²) in [5.41, 5.74) is 2.11. The van der Waals surface area contributed by atoms with Gasteiger partial charge in [-0.3, -0.25) is 9.59 Å². The summed E-state index contributed by atoms with van der Waals surface area (Å²) < 4.78 is 28.6. The van der Waals surface area contributed by atoms with Crippen LogP contribution in [0.15, 0.2) is 49.1 Å². The minimum atomic E-state index is -0.653. The molecule has 0 saturated heterocycles. The zero-order chi connectivity index (χ0) is 23.0. The molecule has 0 fully saturated rings. The van der Waals surface area contributed by atoms with E-state index in [0.717, 1.165) is 0 Å². The lowest BCUT2D eigenvalue weighted by Gasteiger charge is -2.31. The highest BCUT2D eigenvalue weighted by atomic mass is 16.6. The molecule has 33 heavy (non-hydrogen) atoms. The van der Waals surface area contributed by atoms with Gasteiger partial charge in [0.1, 0.15) is 24.7 Å². The lowest BCUT2D eigenvalue weighted by atomic mass is 9.80. The number of carbonyl (C=O) groups excluding carboxylic acids is 2. The van der Waals surface area contributed by atoms with Gasteiger partial charge in [-0.05, 0) is 18.2 Å². The van der Waals surface area contributed by atoms with Crippen LogP contribution >= 0.6 is 0 Å². The van der Waals surface area contributed by atoms with E-state index in [0.29, 0.717) is 73.4 Å². The summed E-state index contributed by atoms with van der Waals surface area (Å²) >= 11 is 0. The van der Waals surface area contributed by atoms with Gasteiger partial charge in [0.15, 0.2) is 5.78 Å². The minimum Gasteiger partial charge on any atom is -0.491 e. The molecule has 2 aromatic carbocycles. The first-order valence-corrected chi connectivity index (χ1v) is 10.9. The van der Waals surface area contributed by atoms with Crippen LogP contribution in [-0.4, -0.2) is 64.5 Å². The number of hydrogen-bond acceptors (Lipinski definition) is 7. The van der Waals surface area contributed by atoms with Crippen molar-refractivity contribution >= 4 is 11.7 Å². The van der Waals surface area contributed by atoms with E-state index in [1.807, 2.05) is 0 Å². The van der Waals surface area contributed by atoms with Gasteiger partial charge >= 0.3 is 0 Å². The first-order valence-electron chi connectivity index (χ1n) is 10.9. The van der Waals surface area contributed by atoms with Gasteiger partial charge in [0, 0.05) is 22.3 Å². The average Bonchev–Trinajstić information content (AvgIpc) is 2.83. The molecule has 2 bridgehead atoms. The van der Waals surface area contributed by atoms with E-state index in [2.05, 4.69) is 11.9 Å². The van der Waals surface area contributed by atoms with Crippen LogP contribution in [0.2, 0.25) is 0 Å². The zero-order valence-electron chi connectivity index (χ0n) is 18.3. The van der Waals surface area contributed by atoms with Crippen LogP contribution < -0.4 is 14.8 Å². The lowest BCUT2D eigenvalue weighted by Crippen LogP contribution is -2.34. The molecule has 1 amide bonds. The Hall–Kier alpha value is -3.20. The predicted octanol–water partition coefficient (Wildman–Crippen LogP) is 2.44. The Bertz CT molecular complexity index is 952. The number of nitrogens with one attached hydrogen (secondary N) is 1. The number of rotatable bonds is 2. The number of benzene rings is 2. The summed E-state index contributed by atoms with van der Waals surface area (Å²) in [6.45, 7) is 6.62. The molecule has 2 aromatic rings. The van der Waals surface area contributed by atoms with Crippen LogP contribution in [0, 0.1) is 0 Å². The maximum absolute atomic E-state index is 13.4. The van der Waals surface area contributed by atoms with Crippen LogP contribution in [0.3, 0.4) is 0 Å². The van der Waals surface area contributed by atoms with Crippen LogP contribution in [0.25, 0.3) is 0 Å². The third-order valence-electron chi connectivity index (χ3n) is 5.39. The molecule has 0 spiro atoms. The third-order valence-corrected chi connectivity index (χ3v) is 5.39. The van der Waals surface area contributed by atoms with Gasteiger partial charge in [0.2, 0.25) is 5.91 Å². The average molecular weight is 453 g/mol. The SMILES string of the molecule is C=CC(=O)NC1c2c3cccc2C(=O)c2cccc(c21)OCCOCCOCCOCCO3. The predicted molar refractivity (Wildman–Crippen MR) is 120 cm³/mol. The van der Waals surface area contributed by atoms with Gasteiger partial charge in [-0.1, -0.05) is 30.8 Å². The maximum Gasteiger partial charge on any atom is 0.244 e. The summed E-state index contributed by atoms with van der Waals surface area (Å²) in [6.07, 6.45) is 1.20. The molecule has 0 radical (unpaired) electrons. The summed E-state index contributed by atoms with van der Waals surface area (Å²) in [5, 5.41) is 2.96. The molecule has 0 atom stereocenters. The fourth-order valence-electron chi connectivity index (χ4n) is 3.93. The van der Waals surface area contributed by atoms with E-state index in [1.54, 1.807) is 36.4 Å². The number of ether oxygens (including phenoxy) is 5. The van der Waals surface area contributed by atoms with E-state index in [-0.39, 0.29) is 24.9 Å². The minimum absolute atomic E-state index is 0.154. The topological polar surface area (TPSA) is 92.3 Å². The van der Waals surface area contributed by atoms with Crippen LogP contribution in [-0.2, 0) is 19.0 Å². The molecule has 4 rings (SSSR count). The Morgan fingerprint density at radius 2 is 1.24 bits per heavy atom. The molecule has 0 saturated carbocycles. The van der Waals surface area contributed by atoms with Crippen molar-refractivity contribution < 1.29 is 33.3 Å². The van der Waals surface area contributed by atoms with E-state index in [4.69, 9.17) is 23.7 Å². The highest BCUT2D eigenvalue weighted by molar-refractivity contribution is 6.13. The largest absolute Gasteiger partial charge is 0.491 e. The Balaban J connectivity index is 1.76. The van der Waals surface area contributed by atoms with Crippen molar-refractivity contribution in [2.45, 2.75) is 6.04 Å². The standard InChI is InChI=1S/C25H27NO7/c1-2-21(27)26-24-22-17-5-3-7-19(22)32-15-13-30-11-9-29-10-12-31-14-16-33-20-8-4-6-18(23(20)24)25(17)28/h2-8,24H,1,9-16H2,(H,26,27). The van der Waals surface area contributed by atoms with Crippen LogP contribution in [0.4, 0.5) is 0 Å². The fraction of sp³-hybridized carbons (Fsp3) is 0.360. The van der Waals surface area contributed by atoms with Crippen LogP contribution in [0.1, 0.15) is 33.1 Å². The van der Waals surface area contributed by atoms with Gasteiger partial charge in [0.25, 0.3) is 0 Å². The second-order valence-electron chi connectivity index (χ2n) is 7.44. The first kappa shape index (κ1) is 23.0. The molecule has 8 nitrogen and oxygen atoms in total. The summed E-state index contributed by atoms with van der Waals surface area (Å²) in [5.74, 6) is 0.476. The molecular weight excluding hydrogens is 426 g/mol. The Morgan fingerprint density at radius 1 is 0.788 bits per heavy atom. The van der Waals surface area contributed by atoms with Gasteiger partial charge in [-0.15, -0.1) is 0 Å². The van der Waals surface area contributed by atoms with Crippen molar-refractivity contribution in [2.75, 3.05) is 52.9 Å². The molecular formula is C25H27NO7. The molecule has 8 heteroatoms. The number of hydrogen-bond donors (Lipinski definition) is 1. The highest BCUT2D eigenvalue weighted by Crippen LogP contribution is 2.44. The van der Waals surface area contributed by atoms with Gasteiger partial charge in [0.05, 0.1) is 45.7 Å². The second-order valence-corrected chi connectivity index (χ2v) is 7.44. The van der Waals surface area contributed by atoms with Crippen molar-refractivity contribution in [3.8, 4) is 11.5 Å². The van der Waals surface area contributed by atoms with Gasteiger partial charge < -0.3 is 29.0 Å². The van der Waals surface area contributed by atoms with E-state index < -0.39 is 6.04 Å². The highest BCUT2D eigenvalue weighted by Gasteiger charge is 2.36. The molecule has 1 heterocycles. The summed E-state index contributed by atoms with van der Waals surface area (Å²) in [6, 6.07) is 9.92. The lowest BCUT2D eigenvalue weighted by molar-refractivity contribution is -0.117. The Kier molecular flexibility index (Phi) is 7.72. The number of carbonyl (C=O) groups is 2. The molecule has 0 aromatic heterocycles. The van der Waals surface area contributed by atoms with Crippen molar-refractivity contribution in [2.24, 2.45) is 0 Å². The van der Waals surface area contributed by atoms with Gasteiger partial charge in [-0.2, -0.15) is 0 Å². The molecule has 1 N–H and O–H groups in total. The Labute approximate surface area is 192 Å². The maximum atomic E-state index is 13.4. The summed E-state index contributed by atoms with van der Waals surface area (Å²) in [4.78, 5) is 25.8. The number of ketones is 1. The monoisotopic (exact) mass is 453 g/mol. The number of amides is 1. The molecule has 174 valence electrons. The van der Waals surface area contributed by atoms with E-state index >= 15 is 0 Å². The normalized spacial score (nSPS) is 17.6. The van der Waals surface area contributed by atoms with Crippen LogP contribution in [0.5, 0.6) is 11.5 Å². The fourth-order valence-corrected chi connectivity index (χ4v) is 3.93. The van der Waals surface area contributed by atoms with Crippen molar-refractivity contribution in [1.82, 2.24) is 5.32 Å².